The summed E-state index contributed by atoms with van der Waals surface area (Å²) >= 11 is 0. The first-order valence-electron chi connectivity index (χ1n) is 5.60. The molecule has 0 N–H and O–H groups in total. The number of carbonyl (C=O) groups excluding carboxylic acids is 2. The fourth-order valence-corrected chi connectivity index (χ4v) is 1.85. The largest absolute Gasteiger partial charge is 0.468 e. The highest BCUT2D eigenvalue weighted by molar-refractivity contribution is 5.95. The van der Waals surface area contributed by atoms with Crippen LogP contribution in [-0.2, 0) is 19.1 Å². The molecule has 7 heteroatoms. The van der Waals surface area contributed by atoms with Gasteiger partial charge in [-0.15, -0.1) is 0 Å². The van der Waals surface area contributed by atoms with Gasteiger partial charge < -0.3 is 9.47 Å². The maximum absolute atomic E-state index is 11.6. The lowest BCUT2D eigenvalue weighted by Gasteiger charge is -2.21. The van der Waals surface area contributed by atoms with Crippen molar-refractivity contribution < 1.29 is 24.0 Å². The monoisotopic (exact) mass is 261 g/mol. The third kappa shape index (κ3) is 5.11. The summed E-state index contributed by atoms with van der Waals surface area (Å²) in [5.74, 6) is -3.44. The zero-order chi connectivity index (χ0) is 14.3. The minimum atomic E-state index is -1.24. The van der Waals surface area contributed by atoms with Gasteiger partial charge in [-0.05, 0) is 12.3 Å². The molecule has 0 rings (SSSR count). The van der Waals surface area contributed by atoms with E-state index in [4.69, 9.17) is 0 Å². The molecule has 0 radical (unpaired) electrons. The Bertz CT molecular complexity index is 299. The third-order valence-corrected chi connectivity index (χ3v) is 2.54. The molecule has 0 aliphatic heterocycles. The Hall–Kier alpha value is -1.66. The van der Waals surface area contributed by atoms with Gasteiger partial charge in [0.1, 0.15) is 0 Å². The molecule has 18 heavy (non-hydrogen) atoms. The molecule has 0 fully saturated rings. The van der Waals surface area contributed by atoms with Gasteiger partial charge in [-0.2, -0.15) is 0 Å². The molecule has 0 aliphatic carbocycles. The van der Waals surface area contributed by atoms with Gasteiger partial charge in [0, 0.05) is 10.8 Å². The van der Waals surface area contributed by atoms with Gasteiger partial charge in [-0.25, -0.2) is 0 Å². The van der Waals surface area contributed by atoms with E-state index in [1.54, 1.807) is 0 Å². The molecular formula is C11H19NO6. The van der Waals surface area contributed by atoms with Crippen molar-refractivity contribution in [2.45, 2.75) is 20.3 Å². The van der Waals surface area contributed by atoms with E-state index < -0.39 is 35.2 Å². The molecule has 0 aromatic carbocycles. The summed E-state index contributed by atoms with van der Waals surface area (Å²) in [6.07, 6.45) is 0.371. The van der Waals surface area contributed by atoms with Crippen molar-refractivity contribution in [3.8, 4) is 0 Å². The van der Waals surface area contributed by atoms with E-state index in [0.29, 0.717) is 6.42 Å². The molecule has 0 bridgehead atoms. The maximum Gasteiger partial charge on any atom is 0.320 e. The summed E-state index contributed by atoms with van der Waals surface area (Å²) in [5, 5.41) is 10.6. The molecule has 0 spiro atoms. The SMILES string of the molecule is COC(=O)C(C(=O)OC)[C@@H](CC(C)C)C[N+](=O)[O-]. The van der Waals surface area contributed by atoms with Crippen LogP contribution in [0.4, 0.5) is 0 Å². The number of hydrogen-bond donors (Lipinski definition) is 0. The molecule has 7 nitrogen and oxygen atoms in total. The van der Waals surface area contributed by atoms with Crippen molar-refractivity contribution in [2.24, 2.45) is 17.8 Å². The van der Waals surface area contributed by atoms with E-state index in [0.717, 1.165) is 14.2 Å². The van der Waals surface area contributed by atoms with E-state index in [1.165, 1.54) is 0 Å². The van der Waals surface area contributed by atoms with E-state index in [-0.39, 0.29) is 5.92 Å². The van der Waals surface area contributed by atoms with Crippen molar-refractivity contribution in [3.05, 3.63) is 10.1 Å². The molecule has 0 unspecified atom stereocenters. The van der Waals surface area contributed by atoms with E-state index >= 15 is 0 Å². The molecular weight excluding hydrogens is 242 g/mol. The summed E-state index contributed by atoms with van der Waals surface area (Å²) in [7, 11) is 2.27. The van der Waals surface area contributed by atoms with Crippen LogP contribution in [0.25, 0.3) is 0 Å². The molecule has 104 valence electrons. The summed E-state index contributed by atoms with van der Waals surface area (Å²) < 4.78 is 9.03. The fraction of sp³-hybridized carbons (Fsp3) is 0.818. The van der Waals surface area contributed by atoms with Crippen LogP contribution in [0.2, 0.25) is 0 Å². The highest BCUT2D eigenvalue weighted by Gasteiger charge is 2.39. The number of ether oxygens (including phenoxy) is 2. The molecule has 0 aliphatic rings. The standard InChI is InChI=1S/C11H19NO6/c1-7(2)5-8(6-12(15)16)9(10(13)17-3)11(14)18-4/h7-9H,5-6H2,1-4H3/t8-/m0/s1. The first-order valence-corrected chi connectivity index (χ1v) is 5.60. The molecule has 0 aromatic rings. The van der Waals surface area contributed by atoms with Crippen LogP contribution in [-0.4, -0.2) is 37.6 Å². The molecule has 0 aromatic heterocycles. The van der Waals surface area contributed by atoms with E-state index in [9.17, 15) is 19.7 Å². The van der Waals surface area contributed by atoms with Crippen molar-refractivity contribution in [3.63, 3.8) is 0 Å². The Balaban J connectivity index is 5.11. The topological polar surface area (TPSA) is 95.7 Å². The number of hydrogen-bond acceptors (Lipinski definition) is 6. The third-order valence-electron chi connectivity index (χ3n) is 2.54. The normalized spacial score (nSPS) is 12.3. The maximum atomic E-state index is 11.6. The number of rotatable bonds is 7. The fourth-order valence-electron chi connectivity index (χ4n) is 1.85. The minimum Gasteiger partial charge on any atom is -0.468 e. The second kappa shape index (κ2) is 7.62. The molecule has 0 heterocycles. The van der Waals surface area contributed by atoms with Crippen LogP contribution in [0, 0.1) is 27.9 Å². The first kappa shape index (κ1) is 16.3. The van der Waals surface area contributed by atoms with Crippen LogP contribution < -0.4 is 0 Å². The summed E-state index contributed by atoms with van der Waals surface area (Å²) in [6, 6.07) is 0. The van der Waals surface area contributed by atoms with Crippen LogP contribution in [0.15, 0.2) is 0 Å². The van der Waals surface area contributed by atoms with Crippen LogP contribution >= 0.6 is 0 Å². The van der Waals surface area contributed by atoms with E-state index in [2.05, 4.69) is 9.47 Å². The van der Waals surface area contributed by atoms with Crippen molar-refractivity contribution in [1.82, 2.24) is 0 Å². The second-order valence-corrected chi connectivity index (χ2v) is 4.43. The van der Waals surface area contributed by atoms with E-state index in [1.807, 2.05) is 13.8 Å². The predicted octanol–water partition coefficient (Wildman–Crippen LogP) is 0.888. The molecule has 0 saturated heterocycles. The molecule has 0 amide bonds. The van der Waals surface area contributed by atoms with Gasteiger partial charge in [-0.3, -0.25) is 19.7 Å². The minimum absolute atomic E-state index is 0.117. The van der Waals surface area contributed by atoms with Gasteiger partial charge in [-0.1, -0.05) is 13.8 Å². The zero-order valence-corrected chi connectivity index (χ0v) is 11.0. The number of nitro groups is 1. The van der Waals surface area contributed by atoms with Gasteiger partial charge in [0.15, 0.2) is 5.92 Å². The zero-order valence-electron chi connectivity index (χ0n) is 11.0. The smallest absolute Gasteiger partial charge is 0.320 e. The van der Waals surface area contributed by atoms with Gasteiger partial charge in [0.25, 0.3) is 0 Å². The number of nitrogens with zero attached hydrogens (tertiary/aromatic N) is 1. The number of esters is 2. The van der Waals surface area contributed by atoms with Crippen LogP contribution in [0.5, 0.6) is 0 Å². The van der Waals surface area contributed by atoms with Crippen molar-refractivity contribution in [1.29, 1.82) is 0 Å². The Morgan fingerprint density at radius 1 is 1.17 bits per heavy atom. The molecule has 0 saturated carbocycles. The quantitative estimate of drug-likeness (QED) is 0.292. The second-order valence-electron chi connectivity index (χ2n) is 4.43. The summed E-state index contributed by atoms with van der Waals surface area (Å²) in [6.45, 7) is 3.25. The lowest BCUT2D eigenvalue weighted by Crippen LogP contribution is -2.37. The van der Waals surface area contributed by atoms with Crippen molar-refractivity contribution in [2.75, 3.05) is 20.8 Å². The van der Waals surface area contributed by atoms with Gasteiger partial charge in [0.2, 0.25) is 6.54 Å². The Morgan fingerprint density at radius 2 is 1.61 bits per heavy atom. The van der Waals surface area contributed by atoms with Gasteiger partial charge in [0.05, 0.1) is 14.2 Å². The number of methoxy groups -OCH3 is 2. The lowest BCUT2D eigenvalue weighted by atomic mass is 9.85. The van der Waals surface area contributed by atoms with Gasteiger partial charge >= 0.3 is 11.9 Å². The predicted molar refractivity (Wildman–Crippen MR) is 62.3 cm³/mol. The highest BCUT2D eigenvalue weighted by Crippen LogP contribution is 2.23. The summed E-state index contributed by atoms with van der Waals surface area (Å²) in [4.78, 5) is 33.2. The lowest BCUT2D eigenvalue weighted by molar-refractivity contribution is -0.489. The first-order chi connectivity index (χ1) is 8.33. The van der Waals surface area contributed by atoms with Crippen LogP contribution in [0.3, 0.4) is 0 Å². The highest BCUT2D eigenvalue weighted by atomic mass is 16.6. The molecule has 1 atom stereocenters. The Labute approximate surface area is 106 Å². The van der Waals surface area contributed by atoms with Crippen LogP contribution in [0.1, 0.15) is 20.3 Å². The average molecular weight is 261 g/mol. The summed E-state index contributed by atoms with van der Waals surface area (Å²) in [5.41, 5.74) is 0. The van der Waals surface area contributed by atoms with Crippen molar-refractivity contribution >= 4 is 11.9 Å². The number of carbonyl (C=O) groups is 2. The Morgan fingerprint density at radius 3 is 1.89 bits per heavy atom. The Kier molecular flexibility index (Phi) is 6.92. The average Bonchev–Trinajstić information content (AvgIpc) is 2.26.